The average Bonchev–Trinajstić information content (AvgIpc) is 3.63. The quantitative estimate of drug-likeness (QED) is 0.627. The third-order valence-electron chi connectivity index (χ3n) is 6.39. The SMILES string of the molecule is COc1cc(O)c(F)c(N2Cc3cnc(NC4CCC(O)CC4)nc3N(C3CC3)C2=O)c1F. The van der Waals surface area contributed by atoms with Crippen LogP contribution < -0.4 is 19.9 Å². The van der Waals surface area contributed by atoms with Crippen LogP contribution in [0.5, 0.6) is 11.5 Å². The number of fused-ring (bicyclic) bond motifs is 1. The lowest BCUT2D eigenvalue weighted by atomic mass is 9.93. The molecule has 0 unspecified atom stereocenters. The van der Waals surface area contributed by atoms with Crippen LogP contribution in [0.25, 0.3) is 0 Å². The molecule has 0 bridgehead atoms. The van der Waals surface area contributed by atoms with Gasteiger partial charge in [-0.1, -0.05) is 0 Å². The standard InChI is InChI=1S/C22H25F2N5O4/c1-33-16-8-15(31)17(23)19(18(16)24)28-10-11-9-25-21(26-12-2-6-14(30)7-3-12)27-20(11)29(22(28)32)13-4-5-13/h8-9,12-14,30-31H,2-7,10H2,1H3,(H,25,26,27). The lowest BCUT2D eigenvalue weighted by Crippen LogP contribution is -2.49. The van der Waals surface area contributed by atoms with Crippen molar-refractivity contribution < 1.29 is 28.5 Å². The van der Waals surface area contributed by atoms with E-state index in [2.05, 4.69) is 15.3 Å². The maximum atomic E-state index is 15.0. The van der Waals surface area contributed by atoms with Gasteiger partial charge in [0.05, 0.1) is 19.8 Å². The van der Waals surface area contributed by atoms with Crippen LogP contribution in [0.15, 0.2) is 12.3 Å². The molecule has 1 aromatic heterocycles. The fourth-order valence-electron chi connectivity index (χ4n) is 4.46. The van der Waals surface area contributed by atoms with E-state index >= 15 is 0 Å². The first-order valence-corrected chi connectivity index (χ1v) is 11.0. The van der Waals surface area contributed by atoms with Gasteiger partial charge in [-0.05, 0) is 38.5 Å². The van der Waals surface area contributed by atoms with Crippen LogP contribution in [0.4, 0.5) is 31.0 Å². The number of aliphatic hydroxyl groups is 1. The van der Waals surface area contributed by atoms with Gasteiger partial charge >= 0.3 is 6.03 Å². The van der Waals surface area contributed by atoms with Gasteiger partial charge in [-0.25, -0.2) is 18.6 Å². The minimum Gasteiger partial charge on any atom is -0.505 e. The normalized spacial score (nSPS) is 22.8. The molecule has 2 amide bonds. The summed E-state index contributed by atoms with van der Waals surface area (Å²) in [4.78, 5) is 24.7. The van der Waals surface area contributed by atoms with Gasteiger partial charge in [-0.15, -0.1) is 0 Å². The Hall–Kier alpha value is -3.21. The molecule has 1 aliphatic heterocycles. The van der Waals surface area contributed by atoms with Crippen LogP contribution in [0.1, 0.15) is 44.1 Å². The highest BCUT2D eigenvalue weighted by Gasteiger charge is 2.44. The molecule has 9 nitrogen and oxygen atoms in total. The number of urea groups is 1. The third-order valence-corrected chi connectivity index (χ3v) is 6.39. The van der Waals surface area contributed by atoms with E-state index in [4.69, 9.17) is 4.74 Å². The molecule has 3 N–H and O–H groups in total. The summed E-state index contributed by atoms with van der Waals surface area (Å²) in [6.45, 7) is -0.159. The summed E-state index contributed by atoms with van der Waals surface area (Å²) < 4.78 is 34.7. The van der Waals surface area contributed by atoms with Crippen molar-refractivity contribution in [2.45, 2.75) is 63.3 Å². The van der Waals surface area contributed by atoms with Crippen molar-refractivity contribution in [1.29, 1.82) is 0 Å². The minimum absolute atomic E-state index is 0.125. The lowest BCUT2D eigenvalue weighted by Gasteiger charge is -2.36. The van der Waals surface area contributed by atoms with Crippen LogP contribution in [-0.4, -0.2) is 51.5 Å². The number of hydrogen-bond donors (Lipinski definition) is 3. The molecule has 0 saturated heterocycles. The fraction of sp³-hybridized carbons (Fsp3) is 0.500. The maximum absolute atomic E-state index is 15.0. The highest BCUT2D eigenvalue weighted by Crippen LogP contribution is 2.43. The number of aliphatic hydroxyl groups excluding tert-OH is 1. The molecule has 0 atom stereocenters. The van der Waals surface area contributed by atoms with Crippen molar-refractivity contribution in [1.82, 2.24) is 9.97 Å². The lowest BCUT2D eigenvalue weighted by molar-refractivity contribution is 0.126. The summed E-state index contributed by atoms with van der Waals surface area (Å²) in [6.07, 6.45) is 5.76. The van der Waals surface area contributed by atoms with E-state index in [9.17, 15) is 23.8 Å². The van der Waals surface area contributed by atoms with Crippen LogP contribution in [0.2, 0.25) is 0 Å². The highest BCUT2D eigenvalue weighted by atomic mass is 19.1. The Balaban J connectivity index is 1.49. The van der Waals surface area contributed by atoms with Gasteiger partial charge in [0.15, 0.2) is 23.1 Å². The van der Waals surface area contributed by atoms with Crippen molar-refractivity contribution >= 4 is 23.5 Å². The number of rotatable bonds is 5. The number of phenols is 1. The topological polar surface area (TPSA) is 111 Å². The number of methoxy groups -OCH3 is 1. The predicted octanol–water partition coefficient (Wildman–Crippen LogP) is 3.29. The molecule has 2 saturated carbocycles. The van der Waals surface area contributed by atoms with Crippen molar-refractivity contribution in [2.24, 2.45) is 0 Å². The molecular weight excluding hydrogens is 436 g/mol. The second-order valence-corrected chi connectivity index (χ2v) is 8.74. The molecule has 2 aliphatic carbocycles. The number of amides is 2. The number of aromatic nitrogens is 2. The van der Waals surface area contributed by atoms with Crippen molar-refractivity contribution in [3.05, 3.63) is 29.5 Å². The van der Waals surface area contributed by atoms with E-state index in [0.29, 0.717) is 30.2 Å². The number of halogens is 2. The number of carbonyl (C=O) groups is 1. The van der Waals surface area contributed by atoms with Gasteiger partial charge in [0.25, 0.3) is 0 Å². The largest absolute Gasteiger partial charge is 0.505 e. The highest BCUT2D eigenvalue weighted by molar-refractivity contribution is 6.06. The molecule has 33 heavy (non-hydrogen) atoms. The molecule has 11 heteroatoms. The zero-order valence-electron chi connectivity index (χ0n) is 18.1. The third kappa shape index (κ3) is 3.90. The van der Waals surface area contributed by atoms with Gasteiger partial charge in [0.2, 0.25) is 5.95 Å². The van der Waals surface area contributed by atoms with Crippen LogP contribution in [0.3, 0.4) is 0 Å². The van der Waals surface area contributed by atoms with Gasteiger partial charge in [-0.2, -0.15) is 4.98 Å². The second-order valence-electron chi connectivity index (χ2n) is 8.74. The number of benzene rings is 1. The number of anilines is 3. The van der Waals surface area contributed by atoms with E-state index in [1.807, 2.05) is 0 Å². The van der Waals surface area contributed by atoms with Crippen LogP contribution in [-0.2, 0) is 6.54 Å². The number of nitrogens with zero attached hydrogens (tertiary/aromatic N) is 4. The first-order valence-electron chi connectivity index (χ1n) is 11.0. The van der Waals surface area contributed by atoms with Gasteiger partial charge in [0.1, 0.15) is 11.5 Å². The zero-order chi connectivity index (χ0) is 23.3. The molecule has 2 fully saturated rings. The Bertz CT molecular complexity index is 1090. The zero-order valence-corrected chi connectivity index (χ0v) is 18.1. The van der Waals surface area contributed by atoms with Gasteiger partial charge < -0.3 is 20.3 Å². The number of ether oxygens (including phenoxy) is 1. The molecule has 5 rings (SSSR count). The van der Waals surface area contributed by atoms with Crippen molar-refractivity contribution in [3.63, 3.8) is 0 Å². The Morgan fingerprint density at radius 2 is 1.88 bits per heavy atom. The monoisotopic (exact) mass is 461 g/mol. The number of nitrogens with one attached hydrogen (secondary N) is 1. The summed E-state index contributed by atoms with van der Waals surface area (Å²) in [6, 6.07) is 0.206. The Morgan fingerprint density at radius 3 is 2.55 bits per heavy atom. The number of phenolic OH excluding ortho intramolecular Hbond substituents is 1. The smallest absolute Gasteiger partial charge is 0.330 e. The summed E-state index contributed by atoms with van der Waals surface area (Å²) in [5, 5.41) is 22.9. The molecule has 2 aromatic rings. The Labute approximate surface area is 189 Å². The van der Waals surface area contributed by atoms with Crippen LogP contribution >= 0.6 is 0 Å². The van der Waals surface area contributed by atoms with Gasteiger partial charge in [-0.3, -0.25) is 9.80 Å². The molecule has 1 aromatic carbocycles. The van der Waals surface area contributed by atoms with E-state index < -0.39 is 29.1 Å². The number of carbonyl (C=O) groups excluding carboxylic acids is 1. The maximum Gasteiger partial charge on any atom is 0.330 e. The molecular formula is C22H25F2N5O4. The minimum atomic E-state index is -1.24. The van der Waals surface area contributed by atoms with E-state index in [1.165, 1.54) is 12.0 Å². The Kier molecular flexibility index (Phi) is 5.43. The van der Waals surface area contributed by atoms with E-state index in [0.717, 1.165) is 36.6 Å². The summed E-state index contributed by atoms with van der Waals surface area (Å²) >= 11 is 0. The number of aromatic hydroxyl groups is 1. The predicted molar refractivity (Wildman–Crippen MR) is 116 cm³/mol. The summed E-state index contributed by atoms with van der Waals surface area (Å²) in [5.41, 5.74) is -0.136. The van der Waals surface area contributed by atoms with Crippen molar-refractivity contribution in [3.8, 4) is 11.5 Å². The first kappa shape index (κ1) is 21.6. The van der Waals surface area contributed by atoms with Gasteiger partial charge in [0, 0.05) is 29.9 Å². The summed E-state index contributed by atoms with van der Waals surface area (Å²) in [7, 11) is 1.19. The van der Waals surface area contributed by atoms with Crippen molar-refractivity contribution in [2.75, 3.05) is 22.2 Å². The molecule has 2 heterocycles. The second kappa shape index (κ2) is 8.29. The molecule has 3 aliphatic rings. The number of hydrogen-bond acceptors (Lipinski definition) is 7. The first-order chi connectivity index (χ1) is 15.9. The fourth-order valence-corrected chi connectivity index (χ4v) is 4.46. The van der Waals surface area contributed by atoms with E-state index in [-0.39, 0.29) is 30.5 Å². The van der Waals surface area contributed by atoms with E-state index in [1.54, 1.807) is 6.20 Å². The van der Waals surface area contributed by atoms with Crippen LogP contribution in [0, 0.1) is 11.6 Å². The summed E-state index contributed by atoms with van der Waals surface area (Å²) in [5.74, 6) is -2.70. The molecule has 0 radical (unpaired) electrons. The Morgan fingerprint density at radius 1 is 1.15 bits per heavy atom. The average molecular weight is 461 g/mol. The molecule has 176 valence electrons. The molecule has 0 spiro atoms.